The van der Waals surface area contributed by atoms with Crippen LogP contribution in [-0.2, 0) is 0 Å². The molecule has 1 heteroatoms. The highest BCUT2D eigenvalue weighted by atomic mass is 28.3. The average molecular weight is 321 g/mol. The normalized spacial score (nSPS) is 10.5. The summed E-state index contributed by atoms with van der Waals surface area (Å²) in [7, 11) is -1.67. The topological polar surface area (TPSA) is 0 Å². The van der Waals surface area contributed by atoms with Crippen molar-refractivity contribution in [3.63, 3.8) is 0 Å². The standard InChI is InChI=1S/C22H28Si/c1-18(2)23(19(3)4,20(5)6)17-11-9-8-10-12-22-15-13-21(7)14-16-22/h13-16,18-20H,1-7H3. The number of hydrogen-bond donors (Lipinski definition) is 0. The van der Waals surface area contributed by atoms with Gasteiger partial charge in [-0.3, -0.25) is 0 Å². The van der Waals surface area contributed by atoms with Crippen LogP contribution >= 0.6 is 0 Å². The summed E-state index contributed by atoms with van der Waals surface area (Å²) in [5, 5.41) is 0. The van der Waals surface area contributed by atoms with Gasteiger partial charge in [0.2, 0.25) is 0 Å². The molecule has 0 atom stereocenters. The summed E-state index contributed by atoms with van der Waals surface area (Å²) in [6.45, 7) is 15.9. The van der Waals surface area contributed by atoms with Crippen LogP contribution in [0.5, 0.6) is 0 Å². The molecule has 0 N–H and O–H groups in total. The predicted molar refractivity (Wildman–Crippen MR) is 105 cm³/mol. The third-order valence-electron chi connectivity index (χ3n) is 4.59. The van der Waals surface area contributed by atoms with Crippen LogP contribution in [0.1, 0.15) is 52.7 Å². The maximum Gasteiger partial charge on any atom is 0.147 e. The van der Waals surface area contributed by atoms with Crippen molar-refractivity contribution in [3.8, 4) is 35.1 Å². The lowest BCUT2D eigenvalue weighted by molar-refractivity contribution is 0.838. The Kier molecular flexibility index (Phi) is 7.23. The van der Waals surface area contributed by atoms with Crippen LogP contribution in [0.2, 0.25) is 16.6 Å². The molecule has 0 amide bonds. The molecule has 0 saturated heterocycles. The van der Waals surface area contributed by atoms with Gasteiger partial charge < -0.3 is 0 Å². The van der Waals surface area contributed by atoms with Crippen LogP contribution in [0.25, 0.3) is 0 Å². The van der Waals surface area contributed by atoms with Crippen molar-refractivity contribution in [3.05, 3.63) is 35.4 Å². The molecule has 1 aromatic carbocycles. The highest BCUT2D eigenvalue weighted by molar-refractivity contribution is 6.90. The SMILES string of the molecule is Cc1ccc(C#CC#CC#C[Si](C(C)C)(C(C)C)C(C)C)cc1. The van der Waals surface area contributed by atoms with Crippen molar-refractivity contribution < 1.29 is 0 Å². The van der Waals surface area contributed by atoms with Gasteiger partial charge in [-0.25, -0.2) is 0 Å². The summed E-state index contributed by atoms with van der Waals surface area (Å²) in [6, 6.07) is 8.16. The van der Waals surface area contributed by atoms with Crippen molar-refractivity contribution in [1.82, 2.24) is 0 Å². The first kappa shape index (κ1) is 19.2. The molecule has 0 aromatic heterocycles. The lowest BCUT2D eigenvalue weighted by Crippen LogP contribution is -2.43. The second-order valence-electron chi connectivity index (χ2n) is 7.01. The van der Waals surface area contributed by atoms with E-state index in [0.717, 1.165) is 5.56 Å². The molecular weight excluding hydrogens is 292 g/mol. The van der Waals surface area contributed by atoms with Gasteiger partial charge in [0.1, 0.15) is 8.07 Å². The zero-order valence-corrected chi connectivity index (χ0v) is 16.5. The molecule has 0 aliphatic heterocycles. The molecule has 0 bridgehead atoms. The van der Waals surface area contributed by atoms with Gasteiger partial charge in [0.05, 0.1) is 0 Å². The summed E-state index contributed by atoms with van der Waals surface area (Å²) in [5.74, 6) is 14.9. The summed E-state index contributed by atoms with van der Waals surface area (Å²) < 4.78 is 0. The van der Waals surface area contributed by atoms with Gasteiger partial charge in [0, 0.05) is 5.56 Å². The quantitative estimate of drug-likeness (QED) is 0.504. The Morgan fingerprint density at radius 3 is 1.65 bits per heavy atom. The van der Waals surface area contributed by atoms with E-state index in [4.69, 9.17) is 0 Å². The molecule has 0 aliphatic carbocycles. The molecule has 1 aromatic rings. The molecule has 23 heavy (non-hydrogen) atoms. The van der Waals surface area contributed by atoms with Crippen LogP contribution < -0.4 is 0 Å². The molecule has 0 heterocycles. The van der Waals surface area contributed by atoms with E-state index in [9.17, 15) is 0 Å². The second-order valence-corrected chi connectivity index (χ2v) is 12.6. The van der Waals surface area contributed by atoms with Crippen molar-refractivity contribution in [2.45, 2.75) is 65.1 Å². The van der Waals surface area contributed by atoms with Gasteiger partial charge in [-0.15, -0.1) is 5.54 Å². The molecule has 0 aliphatic rings. The highest BCUT2D eigenvalue weighted by Crippen LogP contribution is 2.40. The van der Waals surface area contributed by atoms with E-state index in [-0.39, 0.29) is 0 Å². The Hall–Kier alpha value is -1.88. The Morgan fingerprint density at radius 2 is 1.17 bits per heavy atom. The van der Waals surface area contributed by atoms with E-state index in [1.807, 2.05) is 12.1 Å². The summed E-state index contributed by atoms with van der Waals surface area (Å²) in [4.78, 5) is 0. The Morgan fingerprint density at radius 1 is 0.696 bits per heavy atom. The van der Waals surface area contributed by atoms with Gasteiger partial charge >= 0.3 is 0 Å². The smallest absolute Gasteiger partial charge is 0.116 e. The fourth-order valence-corrected chi connectivity index (χ4v) is 8.52. The lowest BCUT2D eigenvalue weighted by Gasteiger charge is -2.37. The minimum Gasteiger partial charge on any atom is -0.116 e. The molecular formula is C22H28Si. The van der Waals surface area contributed by atoms with Crippen LogP contribution in [0.3, 0.4) is 0 Å². The molecule has 120 valence electrons. The number of hydrogen-bond acceptors (Lipinski definition) is 0. The highest BCUT2D eigenvalue weighted by Gasteiger charge is 2.41. The Bertz CT molecular complexity index is 664. The molecule has 0 radical (unpaired) electrons. The van der Waals surface area contributed by atoms with E-state index in [1.165, 1.54) is 5.56 Å². The van der Waals surface area contributed by atoms with Crippen LogP contribution in [0.4, 0.5) is 0 Å². The molecule has 0 fully saturated rings. The van der Waals surface area contributed by atoms with Crippen LogP contribution in [-0.4, -0.2) is 8.07 Å². The van der Waals surface area contributed by atoms with Gasteiger partial charge in [-0.05, 0) is 59.4 Å². The van der Waals surface area contributed by atoms with Crippen molar-refractivity contribution in [1.29, 1.82) is 0 Å². The fourth-order valence-electron chi connectivity index (χ4n) is 3.38. The molecule has 0 saturated carbocycles. The van der Waals surface area contributed by atoms with E-state index in [0.29, 0.717) is 16.6 Å². The maximum atomic E-state index is 3.59. The van der Waals surface area contributed by atoms with Gasteiger partial charge in [0.25, 0.3) is 0 Å². The monoisotopic (exact) mass is 320 g/mol. The largest absolute Gasteiger partial charge is 0.147 e. The van der Waals surface area contributed by atoms with E-state index in [1.54, 1.807) is 0 Å². The van der Waals surface area contributed by atoms with E-state index < -0.39 is 8.07 Å². The molecule has 0 spiro atoms. The number of benzene rings is 1. The van der Waals surface area contributed by atoms with Crippen LogP contribution in [0.15, 0.2) is 24.3 Å². The Labute approximate surface area is 144 Å². The van der Waals surface area contributed by atoms with Gasteiger partial charge in [0.15, 0.2) is 0 Å². The van der Waals surface area contributed by atoms with Crippen molar-refractivity contribution in [2.24, 2.45) is 0 Å². The Balaban J connectivity index is 2.94. The fraction of sp³-hybridized carbons (Fsp3) is 0.455. The first-order chi connectivity index (χ1) is 10.8. The average Bonchev–Trinajstić information content (AvgIpc) is 2.47. The van der Waals surface area contributed by atoms with Crippen molar-refractivity contribution >= 4 is 8.07 Å². The van der Waals surface area contributed by atoms with Gasteiger partial charge in [-0.1, -0.05) is 65.2 Å². The zero-order valence-electron chi connectivity index (χ0n) is 15.5. The van der Waals surface area contributed by atoms with Gasteiger partial charge in [-0.2, -0.15) is 0 Å². The number of aryl methyl sites for hydroxylation is 1. The third-order valence-corrected chi connectivity index (χ3v) is 10.9. The molecule has 0 unspecified atom stereocenters. The molecule has 0 nitrogen and oxygen atoms in total. The third kappa shape index (κ3) is 5.06. The summed E-state index contributed by atoms with van der Waals surface area (Å²) in [6.07, 6.45) is 0. The number of rotatable bonds is 3. The summed E-state index contributed by atoms with van der Waals surface area (Å²) in [5.41, 5.74) is 7.72. The lowest BCUT2D eigenvalue weighted by atomic mass is 10.2. The van der Waals surface area contributed by atoms with Crippen LogP contribution in [0, 0.1) is 42.1 Å². The maximum absolute atomic E-state index is 3.59. The van der Waals surface area contributed by atoms with E-state index >= 15 is 0 Å². The minimum absolute atomic E-state index is 0.635. The molecule has 1 rings (SSSR count). The van der Waals surface area contributed by atoms with Crippen molar-refractivity contribution in [2.75, 3.05) is 0 Å². The minimum atomic E-state index is -1.67. The first-order valence-corrected chi connectivity index (χ1v) is 10.6. The predicted octanol–water partition coefficient (Wildman–Crippen LogP) is 5.57. The first-order valence-electron chi connectivity index (χ1n) is 8.40. The summed E-state index contributed by atoms with van der Waals surface area (Å²) >= 11 is 0. The second kappa shape index (κ2) is 8.67. The van der Waals surface area contributed by atoms with E-state index in [2.05, 4.69) is 95.7 Å². The zero-order chi connectivity index (χ0) is 17.5.